The van der Waals surface area contributed by atoms with Crippen LogP contribution >= 0.6 is 0 Å². The Bertz CT molecular complexity index is 207. The summed E-state index contributed by atoms with van der Waals surface area (Å²) in [5.41, 5.74) is 0. The summed E-state index contributed by atoms with van der Waals surface area (Å²) < 4.78 is 5.79. The molecule has 4 heteroatoms. The van der Waals surface area contributed by atoms with Gasteiger partial charge >= 0.3 is 0 Å². The Hall–Kier alpha value is -0.160. The maximum Gasteiger partial charge on any atom is 0.0826 e. The molecule has 0 aromatic carbocycles. The highest BCUT2D eigenvalue weighted by Gasteiger charge is 2.19. The molecule has 18 heavy (non-hydrogen) atoms. The minimum absolute atomic E-state index is 0. The number of likely N-dealkylation sites (N-methyl/N-ethyl adjacent to an activating group) is 1. The number of rotatable bonds is 9. The monoisotopic (exact) mass is 259 g/mol. The smallest absolute Gasteiger partial charge is 0.0826 e. The Balaban J connectivity index is 0.00000324. The predicted octanol–water partition coefficient (Wildman–Crippen LogP) is 1.27. The summed E-state index contributed by atoms with van der Waals surface area (Å²) >= 11 is 0. The van der Waals surface area contributed by atoms with Crippen LogP contribution in [0.15, 0.2) is 0 Å². The van der Waals surface area contributed by atoms with E-state index < -0.39 is 0 Å². The van der Waals surface area contributed by atoms with E-state index in [2.05, 4.69) is 36.0 Å². The second kappa shape index (κ2) is 9.73. The summed E-state index contributed by atoms with van der Waals surface area (Å²) in [6, 6.07) is 0. The van der Waals surface area contributed by atoms with Crippen molar-refractivity contribution in [2.24, 2.45) is 0 Å². The molecule has 4 nitrogen and oxygen atoms in total. The summed E-state index contributed by atoms with van der Waals surface area (Å²) in [5.74, 6) is 0. The molecule has 0 spiro atoms. The van der Waals surface area contributed by atoms with E-state index in [0.29, 0.717) is 6.10 Å². The van der Waals surface area contributed by atoms with Crippen molar-refractivity contribution in [3.63, 3.8) is 0 Å². The van der Waals surface area contributed by atoms with Crippen LogP contribution in [-0.2, 0) is 4.74 Å². The van der Waals surface area contributed by atoms with Crippen molar-refractivity contribution in [1.82, 2.24) is 15.1 Å². The van der Waals surface area contributed by atoms with Crippen molar-refractivity contribution in [3.8, 4) is 0 Å². The summed E-state index contributed by atoms with van der Waals surface area (Å²) in [5, 5.41) is 3.45. The minimum Gasteiger partial charge on any atom is -0.374 e. The van der Waals surface area contributed by atoms with E-state index in [4.69, 9.17) is 4.74 Å². The molecule has 0 unspecified atom stereocenters. The van der Waals surface area contributed by atoms with Crippen LogP contribution in [0.3, 0.4) is 0 Å². The third-order valence-corrected chi connectivity index (χ3v) is 3.42. The van der Waals surface area contributed by atoms with Crippen LogP contribution in [0.4, 0.5) is 0 Å². The maximum atomic E-state index is 5.79. The summed E-state index contributed by atoms with van der Waals surface area (Å²) in [6.07, 6.45) is 2.81. The van der Waals surface area contributed by atoms with Crippen LogP contribution < -0.4 is 5.32 Å². The van der Waals surface area contributed by atoms with Gasteiger partial charge in [0.15, 0.2) is 0 Å². The molecule has 0 amide bonds. The van der Waals surface area contributed by atoms with Crippen LogP contribution in [0.2, 0.25) is 0 Å². The van der Waals surface area contributed by atoms with Crippen LogP contribution in [0.25, 0.3) is 0 Å². The first kappa shape index (κ1) is 15.9. The van der Waals surface area contributed by atoms with Gasteiger partial charge < -0.3 is 15.0 Å². The highest BCUT2D eigenvalue weighted by Crippen LogP contribution is 2.04. The van der Waals surface area contributed by atoms with Gasteiger partial charge in [-0.1, -0.05) is 13.8 Å². The van der Waals surface area contributed by atoms with Gasteiger partial charge in [-0.15, -0.1) is 0 Å². The summed E-state index contributed by atoms with van der Waals surface area (Å²) in [6.45, 7) is 13.1. The van der Waals surface area contributed by atoms with Crippen LogP contribution in [-0.4, -0.2) is 75.4 Å². The first-order valence-electron chi connectivity index (χ1n) is 7.49. The molecule has 0 radical (unpaired) electrons. The van der Waals surface area contributed by atoms with Gasteiger partial charge in [-0.25, -0.2) is 0 Å². The highest BCUT2D eigenvalue weighted by atomic mass is 16.5. The molecule has 1 saturated heterocycles. The van der Waals surface area contributed by atoms with Crippen molar-refractivity contribution < 1.29 is 6.16 Å². The molecule has 1 aliphatic heterocycles. The average Bonchev–Trinajstić information content (AvgIpc) is 2.38. The van der Waals surface area contributed by atoms with Gasteiger partial charge in [0.2, 0.25) is 0 Å². The molecule has 1 atom stereocenters. The Labute approximate surface area is 114 Å². The lowest BCUT2D eigenvalue weighted by atomic mass is 10.2. The van der Waals surface area contributed by atoms with E-state index >= 15 is 0 Å². The molecule has 0 saturated carbocycles. The summed E-state index contributed by atoms with van der Waals surface area (Å²) in [7, 11) is 2.21. The van der Waals surface area contributed by atoms with Gasteiger partial charge in [-0.2, -0.15) is 0 Å². The molecule has 1 rings (SSSR count). The fourth-order valence-electron chi connectivity index (χ4n) is 2.35. The second-order valence-corrected chi connectivity index (χ2v) is 5.30. The van der Waals surface area contributed by atoms with Gasteiger partial charge in [-0.05, 0) is 33.0 Å². The fraction of sp³-hybridized carbons (Fsp3) is 1.00. The topological polar surface area (TPSA) is 27.7 Å². The number of hydrogen-bond donors (Lipinski definition) is 1. The summed E-state index contributed by atoms with van der Waals surface area (Å²) in [4.78, 5) is 4.95. The third-order valence-electron chi connectivity index (χ3n) is 3.42. The van der Waals surface area contributed by atoms with Crippen molar-refractivity contribution in [1.29, 1.82) is 0 Å². The molecular weight excluding hydrogens is 226 g/mol. The highest BCUT2D eigenvalue weighted by molar-refractivity contribution is 4.74. The van der Waals surface area contributed by atoms with E-state index in [1.807, 2.05) is 0 Å². The molecule has 0 aliphatic carbocycles. The van der Waals surface area contributed by atoms with E-state index in [0.717, 1.165) is 32.8 Å². The second-order valence-electron chi connectivity index (χ2n) is 5.30. The Morgan fingerprint density at radius 1 is 1.33 bits per heavy atom. The maximum absolute atomic E-state index is 5.79. The SMILES string of the molecule is CCCNC[C@H]1CN(CCN(C)CCC)CCO1.[HH]. The van der Waals surface area contributed by atoms with Crippen molar-refractivity contribution >= 4 is 0 Å². The third kappa shape index (κ3) is 6.69. The van der Waals surface area contributed by atoms with Gasteiger partial charge in [0.1, 0.15) is 0 Å². The van der Waals surface area contributed by atoms with E-state index in [1.165, 1.54) is 32.5 Å². The molecule has 1 aliphatic rings. The Morgan fingerprint density at radius 3 is 2.89 bits per heavy atom. The van der Waals surface area contributed by atoms with Crippen molar-refractivity contribution in [2.45, 2.75) is 32.8 Å². The molecule has 1 heterocycles. The molecule has 0 aromatic rings. The molecule has 1 N–H and O–H groups in total. The van der Waals surface area contributed by atoms with Crippen LogP contribution in [0.5, 0.6) is 0 Å². The zero-order valence-electron chi connectivity index (χ0n) is 12.5. The number of hydrogen-bond acceptors (Lipinski definition) is 4. The van der Waals surface area contributed by atoms with Crippen LogP contribution in [0, 0.1) is 0 Å². The number of nitrogens with zero attached hydrogens (tertiary/aromatic N) is 2. The van der Waals surface area contributed by atoms with Gasteiger partial charge in [0.25, 0.3) is 0 Å². The Morgan fingerprint density at radius 2 is 2.17 bits per heavy atom. The predicted molar refractivity (Wildman–Crippen MR) is 79.2 cm³/mol. The normalized spacial score (nSPS) is 21.7. The zero-order chi connectivity index (χ0) is 13.2. The standard InChI is InChI=1S/C14H31N3O.H2/c1-4-6-15-12-14-13-17(10-11-18-14)9-8-16(3)7-5-2;/h14-15H,4-13H2,1-3H3;1H/t14-;/m0./s1. The van der Waals surface area contributed by atoms with Gasteiger partial charge in [0, 0.05) is 34.2 Å². The fourth-order valence-corrected chi connectivity index (χ4v) is 2.35. The lowest BCUT2D eigenvalue weighted by molar-refractivity contribution is -0.0285. The molecule has 0 aromatic heterocycles. The van der Waals surface area contributed by atoms with Crippen LogP contribution in [0.1, 0.15) is 28.1 Å². The quantitative estimate of drug-likeness (QED) is 0.631. The lowest BCUT2D eigenvalue weighted by Gasteiger charge is -2.34. The number of morpholine rings is 1. The van der Waals surface area contributed by atoms with Crippen molar-refractivity contribution in [3.05, 3.63) is 0 Å². The largest absolute Gasteiger partial charge is 0.374 e. The minimum atomic E-state index is 0. The van der Waals surface area contributed by atoms with Gasteiger partial charge in [-0.3, -0.25) is 4.90 Å². The molecule has 1 fully saturated rings. The molecule has 110 valence electrons. The lowest BCUT2D eigenvalue weighted by Crippen LogP contribution is -2.48. The van der Waals surface area contributed by atoms with Gasteiger partial charge in [0.05, 0.1) is 12.7 Å². The first-order valence-corrected chi connectivity index (χ1v) is 7.49. The van der Waals surface area contributed by atoms with E-state index in [1.54, 1.807) is 0 Å². The average molecular weight is 259 g/mol. The van der Waals surface area contributed by atoms with E-state index in [-0.39, 0.29) is 1.43 Å². The molecular formula is C14H33N3O. The molecule has 0 bridgehead atoms. The number of nitrogens with one attached hydrogen (secondary N) is 1. The van der Waals surface area contributed by atoms with E-state index in [9.17, 15) is 0 Å². The number of ether oxygens (including phenoxy) is 1. The zero-order valence-corrected chi connectivity index (χ0v) is 12.5. The Kier molecular flexibility index (Phi) is 8.59. The van der Waals surface area contributed by atoms with Crippen molar-refractivity contribution in [2.75, 3.05) is 59.5 Å². The first-order chi connectivity index (χ1) is 8.76.